The summed E-state index contributed by atoms with van der Waals surface area (Å²) in [5.74, 6) is 2.56. The minimum Gasteiger partial charge on any atom is -0.376 e. The Kier molecular flexibility index (Phi) is 8.12. The molecule has 0 radical (unpaired) electrons. The van der Waals surface area contributed by atoms with E-state index in [0.29, 0.717) is 13.1 Å². The first-order valence-corrected chi connectivity index (χ1v) is 12.0. The molecule has 2 aliphatic rings. The molecule has 2 N–H and O–H groups in total. The Morgan fingerprint density at radius 1 is 1.06 bits per heavy atom. The smallest absolute Gasteiger partial charge is 0.192 e. The van der Waals surface area contributed by atoms with Gasteiger partial charge in [-0.05, 0) is 56.8 Å². The number of benzene rings is 1. The lowest BCUT2D eigenvalue weighted by Crippen LogP contribution is -2.41. The second-order valence-corrected chi connectivity index (χ2v) is 8.91. The van der Waals surface area contributed by atoms with Crippen LogP contribution in [-0.2, 0) is 31.4 Å². The Bertz CT molecular complexity index is 865. The predicted octanol–water partition coefficient (Wildman–Crippen LogP) is 2.52. The maximum atomic E-state index is 5.75. The van der Waals surface area contributed by atoms with Crippen LogP contribution in [0.5, 0.6) is 0 Å². The highest BCUT2D eigenvalue weighted by Crippen LogP contribution is 2.14. The first-order valence-electron chi connectivity index (χ1n) is 12.0. The van der Waals surface area contributed by atoms with Crippen LogP contribution in [0.2, 0.25) is 0 Å². The number of nitrogens with zero attached hydrogens (tertiary/aromatic N) is 5. The van der Waals surface area contributed by atoms with Crippen molar-refractivity contribution >= 4 is 5.96 Å². The zero-order chi connectivity index (χ0) is 22.2. The van der Waals surface area contributed by atoms with Crippen molar-refractivity contribution in [1.29, 1.82) is 0 Å². The zero-order valence-corrected chi connectivity index (χ0v) is 19.5. The standard InChI is InChI=1S/C24H37N7O/c1-19-28-29-23(30(19)2)17-27-24(26-16-22-7-6-14-32-22)25-15-20-8-10-21(11-9-20)18-31-12-4-3-5-13-31/h8-11,22H,3-7,12-18H2,1-2H3,(H2,25,26,27). The normalized spacial score (nSPS) is 19.9. The number of hydrogen-bond acceptors (Lipinski definition) is 5. The van der Waals surface area contributed by atoms with E-state index in [1.165, 1.54) is 43.5 Å². The van der Waals surface area contributed by atoms with Crippen LogP contribution in [0.4, 0.5) is 0 Å². The van der Waals surface area contributed by atoms with Crippen LogP contribution in [0.15, 0.2) is 29.3 Å². The number of aliphatic imine (C=N–C) groups is 1. The molecule has 8 nitrogen and oxygen atoms in total. The molecule has 4 rings (SSSR count). The van der Waals surface area contributed by atoms with Gasteiger partial charge in [0.2, 0.25) is 0 Å². The molecule has 0 amide bonds. The zero-order valence-electron chi connectivity index (χ0n) is 19.5. The van der Waals surface area contributed by atoms with Crippen LogP contribution >= 0.6 is 0 Å². The number of nitrogens with one attached hydrogen (secondary N) is 2. The maximum absolute atomic E-state index is 5.75. The van der Waals surface area contributed by atoms with Crippen LogP contribution in [0.1, 0.15) is 54.9 Å². The summed E-state index contributed by atoms with van der Waals surface area (Å²) in [6.45, 7) is 8.27. The van der Waals surface area contributed by atoms with E-state index in [9.17, 15) is 0 Å². The van der Waals surface area contributed by atoms with Crippen molar-refractivity contribution in [3.05, 3.63) is 47.0 Å². The largest absolute Gasteiger partial charge is 0.376 e. The molecule has 0 aliphatic carbocycles. The number of aromatic nitrogens is 3. The van der Waals surface area contributed by atoms with Gasteiger partial charge in [-0.2, -0.15) is 0 Å². The summed E-state index contributed by atoms with van der Waals surface area (Å²) in [6, 6.07) is 8.89. The highest BCUT2D eigenvalue weighted by Gasteiger charge is 2.16. The molecule has 2 aromatic rings. The van der Waals surface area contributed by atoms with Gasteiger partial charge in [0.1, 0.15) is 5.82 Å². The fourth-order valence-electron chi connectivity index (χ4n) is 4.25. The Labute approximate surface area is 191 Å². The molecule has 174 valence electrons. The third-order valence-corrected chi connectivity index (χ3v) is 6.42. The average molecular weight is 440 g/mol. The summed E-state index contributed by atoms with van der Waals surface area (Å²) in [7, 11) is 1.98. The summed E-state index contributed by atoms with van der Waals surface area (Å²) in [4.78, 5) is 7.38. The lowest BCUT2D eigenvalue weighted by atomic mass is 10.1. The average Bonchev–Trinajstić information content (AvgIpc) is 3.45. The van der Waals surface area contributed by atoms with Gasteiger partial charge in [-0.15, -0.1) is 10.2 Å². The van der Waals surface area contributed by atoms with Crippen LogP contribution in [0.3, 0.4) is 0 Å². The fourth-order valence-corrected chi connectivity index (χ4v) is 4.25. The summed E-state index contributed by atoms with van der Waals surface area (Å²) in [5, 5.41) is 15.2. The maximum Gasteiger partial charge on any atom is 0.192 e. The van der Waals surface area contributed by atoms with Crippen molar-refractivity contribution in [2.45, 2.75) is 64.8 Å². The van der Waals surface area contributed by atoms with Gasteiger partial charge in [0.05, 0.1) is 19.2 Å². The van der Waals surface area contributed by atoms with Crippen molar-refractivity contribution in [2.24, 2.45) is 12.0 Å². The molecular weight excluding hydrogens is 402 g/mol. The van der Waals surface area contributed by atoms with Gasteiger partial charge < -0.3 is 19.9 Å². The topological polar surface area (TPSA) is 79.6 Å². The van der Waals surface area contributed by atoms with Gasteiger partial charge >= 0.3 is 0 Å². The van der Waals surface area contributed by atoms with Gasteiger partial charge in [-0.3, -0.25) is 4.90 Å². The SMILES string of the molecule is Cc1nnc(CNC(=NCc2ccc(CN3CCCCC3)cc2)NCC2CCCO2)n1C. The van der Waals surface area contributed by atoms with E-state index < -0.39 is 0 Å². The highest BCUT2D eigenvalue weighted by atomic mass is 16.5. The summed E-state index contributed by atoms with van der Waals surface area (Å²) < 4.78 is 7.74. The van der Waals surface area contributed by atoms with Crippen molar-refractivity contribution in [3.8, 4) is 0 Å². The van der Waals surface area contributed by atoms with Gasteiger partial charge in [0.25, 0.3) is 0 Å². The van der Waals surface area contributed by atoms with Crippen LogP contribution < -0.4 is 10.6 Å². The minimum absolute atomic E-state index is 0.258. The molecular formula is C24H37N7O. The molecule has 2 fully saturated rings. The summed E-state index contributed by atoms with van der Waals surface area (Å²) in [6.07, 6.45) is 6.52. The van der Waals surface area contributed by atoms with Crippen LogP contribution in [-0.4, -0.2) is 58.0 Å². The quantitative estimate of drug-likeness (QED) is 0.486. The highest BCUT2D eigenvalue weighted by molar-refractivity contribution is 5.79. The van der Waals surface area contributed by atoms with Gasteiger partial charge in [0.15, 0.2) is 11.8 Å². The number of likely N-dealkylation sites (tertiary alicyclic amines) is 1. The summed E-state index contributed by atoms with van der Waals surface area (Å²) >= 11 is 0. The molecule has 8 heteroatoms. The number of guanidine groups is 1. The van der Waals surface area contributed by atoms with Gasteiger partial charge in [-0.25, -0.2) is 4.99 Å². The van der Waals surface area contributed by atoms with Crippen LogP contribution in [0, 0.1) is 6.92 Å². The molecule has 0 spiro atoms. The Morgan fingerprint density at radius 3 is 2.53 bits per heavy atom. The van der Waals surface area contributed by atoms with Crippen molar-refractivity contribution in [2.75, 3.05) is 26.2 Å². The first kappa shape index (κ1) is 22.7. The molecule has 2 aliphatic heterocycles. The van der Waals surface area contributed by atoms with Crippen LogP contribution in [0.25, 0.3) is 0 Å². The summed E-state index contributed by atoms with van der Waals surface area (Å²) in [5.41, 5.74) is 2.59. The molecule has 0 bridgehead atoms. The lowest BCUT2D eigenvalue weighted by molar-refractivity contribution is 0.113. The molecule has 32 heavy (non-hydrogen) atoms. The van der Waals surface area contributed by atoms with E-state index in [1.807, 2.05) is 18.5 Å². The molecule has 1 aromatic heterocycles. The third kappa shape index (κ3) is 6.53. The van der Waals surface area contributed by atoms with E-state index >= 15 is 0 Å². The number of ether oxygens (including phenoxy) is 1. The Morgan fingerprint density at radius 2 is 1.84 bits per heavy atom. The first-order chi connectivity index (χ1) is 15.7. The lowest BCUT2D eigenvalue weighted by Gasteiger charge is -2.26. The molecule has 2 saturated heterocycles. The number of hydrogen-bond donors (Lipinski definition) is 2. The molecule has 0 saturated carbocycles. The Hall–Kier alpha value is -2.45. The van der Waals surface area contributed by atoms with E-state index in [2.05, 4.69) is 50.0 Å². The molecule has 3 heterocycles. The second-order valence-electron chi connectivity index (χ2n) is 8.91. The van der Waals surface area contributed by atoms with E-state index in [-0.39, 0.29) is 6.10 Å². The van der Waals surface area contributed by atoms with E-state index in [0.717, 1.165) is 50.1 Å². The van der Waals surface area contributed by atoms with E-state index in [4.69, 9.17) is 9.73 Å². The predicted molar refractivity (Wildman–Crippen MR) is 126 cm³/mol. The molecule has 1 atom stereocenters. The fraction of sp³-hybridized carbons (Fsp3) is 0.625. The molecule has 1 unspecified atom stereocenters. The number of aryl methyl sites for hydroxylation is 1. The second kappa shape index (κ2) is 11.4. The molecule has 1 aromatic carbocycles. The number of piperidine rings is 1. The monoisotopic (exact) mass is 439 g/mol. The van der Waals surface area contributed by atoms with E-state index in [1.54, 1.807) is 0 Å². The number of rotatable bonds is 8. The van der Waals surface area contributed by atoms with Crippen molar-refractivity contribution in [3.63, 3.8) is 0 Å². The van der Waals surface area contributed by atoms with Gasteiger partial charge in [0, 0.05) is 26.7 Å². The third-order valence-electron chi connectivity index (χ3n) is 6.42. The Balaban J connectivity index is 1.34. The van der Waals surface area contributed by atoms with Crippen molar-refractivity contribution < 1.29 is 4.74 Å². The van der Waals surface area contributed by atoms with Gasteiger partial charge in [-0.1, -0.05) is 30.7 Å². The van der Waals surface area contributed by atoms with Crippen molar-refractivity contribution in [1.82, 2.24) is 30.3 Å². The minimum atomic E-state index is 0.258.